The van der Waals surface area contributed by atoms with Gasteiger partial charge in [-0.1, -0.05) is 0 Å². The van der Waals surface area contributed by atoms with Crippen LogP contribution in [0.15, 0.2) is 46.9 Å². The van der Waals surface area contributed by atoms with E-state index < -0.39 is 0 Å². The summed E-state index contributed by atoms with van der Waals surface area (Å²) in [4.78, 5) is 13.3. The normalized spacial score (nSPS) is 20.9. The molecule has 128 valence electrons. The molecule has 5 nitrogen and oxygen atoms in total. The van der Waals surface area contributed by atoms with Crippen molar-refractivity contribution in [1.29, 1.82) is 0 Å². The predicted octanol–water partition coefficient (Wildman–Crippen LogP) is -0.182. The maximum absolute atomic E-state index is 12.1. The molecule has 1 aromatic rings. The average molecular weight is 338 g/mol. The van der Waals surface area contributed by atoms with E-state index in [1.807, 2.05) is 18.2 Å². The van der Waals surface area contributed by atoms with E-state index in [2.05, 4.69) is 13.2 Å². The van der Waals surface area contributed by atoms with Crippen molar-refractivity contribution in [3.63, 3.8) is 0 Å². The van der Waals surface area contributed by atoms with Gasteiger partial charge in [-0.2, -0.15) is 0 Å². The zero-order valence-corrected chi connectivity index (χ0v) is 14.7. The lowest BCUT2D eigenvalue weighted by Crippen LogP contribution is -3.03. The van der Waals surface area contributed by atoms with Gasteiger partial charge >= 0.3 is 0 Å². The van der Waals surface area contributed by atoms with Crippen molar-refractivity contribution < 1.29 is 23.9 Å². The standard InChI is InChI=1S/C20H19NO4/c1-21-10-12-7-18(24-3)19(25-4)8-13(12)15-5-11-6-16(22)17(23-2)9-14(11)20(15)21/h6-10H,5H2,1-4H3/p+1. The van der Waals surface area contributed by atoms with Gasteiger partial charge in [-0.3, -0.25) is 9.69 Å². The first-order valence-electron chi connectivity index (χ1n) is 8.14. The number of rotatable bonds is 3. The summed E-state index contributed by atoms with van der Waals surface area (Å²) >= 11 is 0. The van der Waals surface area contributed by atoms with E-state index >= 15 is 0 Å². The Hall–Kier alpha value is -2.79. The van der Waals surface area contributed by atoms with E-state index in [-0.39, 0.29) is 5.78 Å². The number of ether oxygens (including phenoxy) is 3. The van der Waals surface area contributed by atoms with Crippen molar-refractivity contribution in [2.24, 2.45) is 0 Å². The Morgan fingerprint density at radius 1 is 1.00 bits per heavy atom. The molecule has 0 saturated heterocycles. The third-order valence-electron chi connectivity index (χ3n) is 4.97. The van der Waals surface area contributed by atoms with Crippen LogP contribution in [-0.4, -0.2) is 34.2 Å². The second-order valence-corrected chi connectivity index (χ2v) is 6.31. The summed E-state index contributed by atoms with van der Waals surface area (Å²) < 4.78 is 16.1. The molecule has 0 bridgehead atoms. The first-order valence-corrected chi connectivity index (χ1v) is 8.14. The summed E-state index contributed by atoms with van der Waals surface area (Å²) in [5, 5.41) is 2.23. The quantitative estimate of drug-likeness (QED) is 0.831. The van der Waals surface area contributed by atoms with Gasteiger partial charge in [0.2, 0.25) is 5.78 Å². The number of methoxy groups -OCH3 is 3. The van der Waals surface area contributed by atoms with Crippen LogP contribution < -0.4 is 24.8 Å². The van der Waals surface area contributed by atoms with Gasteiger partial charge in [0.05, 0.1) is 28.4 Å². The van der Waals surface area contributed by atoms with Gasteiger partial charge in [0, 0.05) is 28.0 Å². The maximum Gasteiger partial charge on any atom is 0.220 e. The minimum absolute atomic E-state index is 0.0738. The van der Waals surface area contributed by atoms with Crippen LogP contribution in [0, 0.1) is 0 Å². The molecular weight excluding hydrogens is 318 g/mol. The molecule has 1 heterocycles. The van der Waals surface area contributed by atoms with Gasteiger partial charge in [0.15, 0.2) is 17.3 Å². The highest BCUT2D eigenvalue weighted by Gasteiger charge is 2.35. The zero-order chi connectivity index (χ0) is 17.7. The van der Waals surface area contributed by atoms with Gasteiger partial charge in [-0.05, 0) is 29.9 Å². The SMILES string of the molecule is COC1=CC2=C3C(=c4cc(OC)c(OC)cc4=C[NH+]3C)CC2=CC1=O. The summed E-state index contributed by atoms with van der Waals surface area (Å²) in [6.45, 7) is 0. The van der Waals surface area contributed by atoms with Crippen LogP contribution in [0.25, 0.3) is 11.8 Å². The molecule has 0 fully saturated rings. The number of benzene rings is 1. The summed E-state index contributed by atoms with van der Waals surface area (Å²) in [6, 6.07) is 4.03. The Labute approximate surface area is 145 Å². The molecule has 2 aliphatic carbocycles. The average Bonchev–Trinajstić information content (AvgIpc) is 2.98. The van der Waals surface area contributed by atoms with Crippen molar-refractivity contribution in [1.82, 2.24) is 0 Å². The fourth-order valence-electron chi connectivity index (χ4n) is 3.84. The van der Waals surface area contributed by atoms with Gasteiger partial charge in [0.25, 0.3) is 0 Å². The first kappa shape index (κ1) is 15.7. The molecule has 3 aliphatic rings. The molecule has 0 saturated carbocycles. The van der Waals surface area contributed by atoms with Gasteiger partial charge in [-0.15, -0.1) is 0 Å². The van der Waals surface area contributed by atoms with Gasteiger partial charge in [-0.25, -0.2) is 0 Å². The molecule has 0 radical (unpaired) electrons. The highest BCUT2D eigenvalue weighted by atomic mass is 16.5. The van der Waals surface area contributed by atoms with Crippen molar-refractivity contribution in [2.75, 3.05) is 28.4 Å². The Kier molecular flexibility index (Phi) is 3.54. The second-order valence-electron chi connectivity index (χ2n) is 6.31. The Morgan fingerprint density at radius 2 is 1.72 bits per heavy atom. The maximum atomic E-state index is 12.1. The number of quaternary nitrogens is 1. The predicted molar refractivity (Wildman–Crippen MR) is 93.4 cm³/mol. The number of allylic oxidation sites excluding steroid dienone is 5. The van der Waals surface area contributed by atoms with Crippen LogP contribution in [0.5, 0.6) is 11.5 Å². The van der Waals surface area contributed by atoms with E-state index in [0.717, 1.165) is 28.0 Å². The number of carbonyl (C=O) groups is 1. The zero-order valence-electron chi connectivity index (χ0n) is 14.7. The van der Waals surface area contributed by atoms with Gasteiger partial charge in [0.1, 0.15) is 11.9 Å². The van der Waals surface area contributed by atoms with E-state index in [9.17, 15) is 4.79 Å². The van der Waals surface area contributed by atoms with E-state index in [4.69, 9.17) is 14.2 Å². The van der Waals surface area contributed by atoms with Crippen LogP contribution in [-0.2, 0) is 9.53 Å². The topological polar surface area (TPSA) is 49.2 Å². The Morgan fingerprint density at radius 3 is 2.40 bits per heavy atom. The molecule has 5 heteroatoms. The molecule has 1 aromatic carbocycles. The number of carbonyl (C=O) groups excluding carboxylic acids is 1. The minimum Gasteiger partial charge on any atom is -0.493 e. The van der Waals surface area contributed by atoms with E-state index in [0.29, 0.717) is 17.3 Å². The van der Waals surface area contributed by atoms with E-state index in [1.165, 1.54) is 23.3 Å². The van der Waals surface area contributed by atoms with Crippen molar-refractivity contribution in [3.05, 3.63) is 57.3 Å². The molecule has 25 heavy (non-hydrogen) atoms. The molecule has 1 aliphatic heterocycles. The fraction of sp³-hybridized carbons (Fsp3) is 0.250. The largest absolute Gasteiger partial charge is 0.493 e. The molecular formula is C20H20NO4+. The van der Waals surface area contributed by atoms with Crippen LogP contribution in [0.2, 0.25) is 0 Å². The van der Waals surface area contributed by atoms with Gasteiger partial charge < -0.3 is 14.2 Å². The lowest BCUT2D eigenvalue weighted by molar-refractivity contribution is -0.745. The number of fused-ring (bicyclic) bond motifs is 3. The summed E-state index contributed by atoms with van der Waals surface area (Å²) in [5.41, 5.74) is 4.54. The third-order valence-corrected chi connectivity index (χ3v) is 4.97. The molecule has 4 rings (SSSR count). The number of hydrogen-bond donors (Lipinski definition) is 1. The molecule has 0 amide bonds. The lowest BCUT2D eigenvalue weighted by atomic mass is 10.00. The highest BCUT2D eigenvalue weighted by molar-refractivity contribution is 6.06. The Balaban J connectivity index is 2.03. The number of hydrogen-bond acceptors (Lipinski definition) is 4. The lowest BCUT2D eigenvalue weighted by Gasteiger charge is -2.18. The van der Waals surface area contributed by atoms with Crippen LogP contribution >= 0.6 is 0 Å². The Bertz CT molecular complexity index is 1010. The summed E-state index contributed by atoms with van der Waals surface area (Å²) in [6.07, 6.45) is 6.45. The number of ketones is 1. The first-order chi connectivity index (χ1) is 12.1. The molecule has 0 spiro atoms. The third kappa shape index (κ3) is 2.23. The monoisotopic (exact) mass is 338 g/mol. The van der Waals surface area contributed by atoms with E-state index in [1.54, 1.807) is 20.3 Å². The van der Waals surface area contributed by atoms with Crippen LogP contribution in [0.3, 0.4) is 0 Å². The van der Waals surface area contributed by atoms with Crippen LogP contribution in [0.4, 0.5) is 0 Å². The van der Waals surface area contributed by atoms with Crippen LogP contribution in [0.1, 0.15) is 6.42 Å². The molecule has 0 aromatic heterocycles. The fourth-order valence-corrected chi connectivity index (χ4v) is 3.84. The van der Waals surface area contributed by atoms with Crippen molar-refractivity contribution in [3.8, 4) is 11.5 Å². The number of nitrogens with one attached hydrogen (secondary N) is 1. The molecule has 1 atom stereocenters. The van der Waals surface area contributed by atoms with Crippen molar-refractivity contribution in [2.45, 2.75) is 6.42 Å². The highest BCUT2D eigenvalue weighted by Crippen LogP contribution is 2.38. The summed E-state index contributed by atoms with van der Waals surface area (Å²) in [7, 11) is 6.91. The molecule has 1 unspecified atom stereocenters. The molecule has 1 N–H and O–H groups in total. The smallest absolute Gasteiger partial charge is 0.220 e. The second kappa shape index (κ2) is 5.63. The van der Waals surface area contributed by atoms with Crippen molar-refractivity contribution >= 4 is 17.6 Å². The summed E-state index contributed by atoms with van der Waals surface area (Å²) in [5.74, 6) is 1.74. The minimum atomic E-state index is -0.0738.